The van der Waals surface area contributed by atoms with Gasteiger partial charge in [0, 0.05) is 17.7 Å². The molecular formula is C23H18N4O4S. The molecule has 4 rings (SSSR count). The van der Waals surface area contributed by atoms with E-state index in [-0.39, 0.29) is 11.6 Å². The van der Waals surface area contributed by atoms with Crippen LogP contribution in [0.1, 0.15) is 21.5 Å². The van der Waals surface area contributed by atoms with E-state index in [1.807, 2.05) is 25.1 Å². The zero-order chi connectivity index (χ0) is 22.7. The number of nitro groups is 1. The molecule has 1 amide bonds. The van der Waals surface area contributed by atoms with Gasteiger partial charge in [-0.25, -0.2) is 4.98 Å². The Morgan fingerprint density at radius 3 is 2.50 bits per heavy atom. The van der Waals surface area contributed by atoms with Crippen molar-refractivity contribution in [3.8, 4) is 5.75 Å². The van der Waals surface area contributed by atoms with Crippen LogP contribution in [0.25, 0.3) is 10.2 Å². The maximum absolute atomic E-state index is 13.3. The topological polar surface area (TPSA) is 97.9 Å². The minimum absolute atomic E-state index is 0.0186. The molecule has 0 aliphatic carbocycles. The number of non-ortho nitro benzene ring substituents is 1. The van der Waals surface area contributed by atoms with Crippen LogP contribution in [0.2, 0.25) is 0 Å². The van der Waals surface area contributed by atoms with E-state index in [0.29, 0.717) is 22.0 Å². The maximum atomic E-state index is 13.3. The first-order chi connectivity index (χ1) is 15.4. The Labute approximate surface area is 187 Å². The third-order valence-electron chi connectivity index (χ3n) is 4.67. The van der Waals surface area contributed by atoms with Gasteiger partial charge in [0.05, 0.1) is 28.5 Å². The lowest BCUT2D eigenvalue weighted by atomic mass is 10.2. The molecule has 9 heteroatoms. The monoisotopic (exact) mass is 446 g/mol. The van der Waals surface area contributed by atoms with Crippen LogP contribution in [0.3, 0.4) is 0 Å². The number of thiazole rings is 1. The summed E-state index contributed by atoms with van der Waals surface area (Å²) in [4.78, 5) is 28.3. The van der Waals surface area contributed by atoms with E-state index in [0.717, 1.165) is 15.8 Å². The summed E-state index contributed by atoms with van der Waals surface area (Å²) in [6.07, 6.45) is 1.47. The van der Waals surface area contributed by atoms with Crippen LogP contribution in [-0.4, -0.2) is 29.1 Å². The second kappa shape index (κ2) is 8.94. The fourth-order valence-electron chi connectivity index (χ4n) is 2.96. The van der Waals surface area contributed by atoms with Gasteiger partial charge in [0.25, 0.3) is 11.6 Å². The molecule has 0 spiro atoms. The van der Waals surface area contributed by atoms with Crippen LogP contribution in [0.5, 0.6) is 5.75 Å². The highest BCUT2D eigenvalue weighted by Crippen LogP contribution is 2.31. The fraction of sp³-hybridized carbons (Fsp3) is 0.0870. The molecule has 8 nitrogen and oxygen atoms in total. The van der Waals surface area contributed by atoms with Crippen molar-refractivity contribution in [1.29, 1.82) is 0 Å². The molecule has 1 heterocycles. The number of nitro benzene ring substituents is 1. The molecule has 4 aromatic rings. The van der Waals surface area contributed by atoms with E-state index in [1.54, 1.807) is 43.5 Å². The normalized spacial score (nSPS) is 11.1. The van der Waals surface area contributed by atoms with E-state index in [2.05, 4.69) is 10.1 Å². The number of rotatable bonds is 6. The molecule has 0 bridgehead atoms. The first-order valence-electron chi connectivity index (χ1n) is 9.59. The van der Waals surface area contributed by atoms with E-state index < -0.39 is 4.92 Å². The first kappa shape index (κ1) is 21.1. The van der Waals surface area contributed by atoms with E-state index in [4.69, 9.17) is 4.74 Å². The largest absolute Gasteiger partial charge is 0.497 e. The Morgan fingerprint density at radius 1 is 1.12 bits per heavy atom. The lowest BCUT2D eigenvalue weighted by Gasteiger charge is -2.14. The van der Waals surface area contributed by atoms with Crippen LogP contribution in [0.15, 0.2) is 71.8 Å². The van der Waals surface area contributed by atoms with E-state index >= 15 is 0 Å². The van der Waals surface area contributed by atoms with Crippen LogP contribution < -0.4 is 9.75 Å². The smallest absolute Gasteiger partial charge is 0.280 e. The van der Waals surface area contributed by atoms with Gasteiger partial charge < -0.3 is 4.74 Å². The molecule has 0 saturated heterocycles. The lowest BCUT2D eigenvalue weighted by Crippen LogP contribution is -2.25. The summed E-state index contributed by atoms with van der Waals surface area (Å²) < 4.78 is 6.11. The SMILES string of the molecule is COc1ccc(C(=O)N(/N=C/c2ccc([N+](=O)[O-])cc2)c2nc3ccc(C)cc3s2)cc1. The summed E-state index contributed by atoms with van der Waals surface area (Å²) in [5, 5.41) is 16.9. The van der Waals surface area contributed by atoms with Crippen molar-refractivity contribution in [3.05, 3.63) is 93.5 Å². The van der Waals surface area contributed by atoms with Crippen LogP contribution in [0.4, 0.5) is 10.8 Å². The quantitative estimate of drug-likeness (QED) is 0.230. The standard InChI is InChI=1S/C23H18N4O4S/c1-15-3-12-20-21(13-15)32-23(25-20)26(22(28)17-6-10-19(31-2)11-7-17)24-14-16-4-8-18(9-5-16)27(29)30/h3-14H,1-2H3/b24-14+. The van der Waals surface area contributed by atoms with Crippen molar-refractivity contribution in [2.75, 3.05) is 12.1 Å². The van der Waals surface area contributed by atoms with Crippen LogP contribution >= 0.6 is 11.3 Å². The Morgan fingerprint density at radius 2 is 1.84 bits per heavy atom. The number of amides is 1. The molecule has 0 unspecified atom stereocenters. The van der Waals surface area contributed by atoms with E-state index in [9.17, 15) is 14.9 Å². The number of methoxy groups -OCH3 is 1. The van der Waals surface area contributed by atoms with Gasteiger partial charge >= 0.3 is 0 Å². The third-order valence-corrected chi connectivity index (χ3v) is 5.66. The molecule has 0 aliphatic heterocycles. The Bertz CT molecular complexity index is 1310. The summed E-state index contributed by atoms with van der Waals surface area (Å²) in [6, 6.07) is 18.5. The Balaban J connectivity index is 1.72. The number of hydrogen-bond acceptors (Lipinski definition) is 7. The number of aromatic nitrogens is 1. The molecule has 0 aliphatic rings. The van der Waals surface area contributed by atoms with Crippen molar-refractivity contribution in [2.24, 2.45) is 5.10 Å². The molecule has 0 fully saturated rings. The number of hydrazone groups is 1. The van der Waals surface area contributed by atoms with Gasteiger partial charge in [0.15, 0.2) is 0 Å². The molecule has 160 valence electrons. The number of carbonyl (C=O) groups excluding carboxylic acids is 1. The lowest BCUT2D eigenvalue weighted by molar-refractivity contribution is -0.384. The van der Waals surface area contributed by atoms with Crippen molar-refractivity contribution >= 4 is 44.5 Å². The number of anilines is 1. The van der Waals surface area contributed by atoms with Crippen LogP contribution in [0, 0.1) is 17.0 Å². The molecule has 0 N–H and O–H groups in total. The summed E-state index contributed by atoms with van der Waals surface area (Å²) >= 11 is 1.36. The summed E-state index contributed by atoms with van der Waals surface area (Å²) in [6.45, 7) is 1.99. The summed E-state index contributed by atoms with van der Waals surface area (Å²) in [7, 11) is 1.56. The van der Waals surface area contributed by atoms with Crippen LogP contribution in [-0.2, 0) is 0 Å². The van der Waals surface area contributed by atoms with Gasteiger partial charge in [-0.2, -0.15) is 10.1 Å². The molecule has 0 radical (unpaired) electrons. The van der Waals surface area contributed by atoms with Crippen molar-refractivity contribution in [1.82, 2.24) is 4.98 Å². The number of benzene rings is 3. The van der Waals surface area contributed by atoms with Gasteiger partial charge in [-0.1, -0.05) is 17.4 Å². The Hall–Kier alpha value is -4.11. The average molecular weight is 446 g/mol. The highest BCUT2D eigenvalue weighted by molar-refractivity contribution is 7.22. The van der Waals surface area contributed by atoms with Crippen molar-refractivity contribution in [3.63, 3.8) is 0 Å². The molecular weight excluding hydrogens is 428 g/mol. The molecule has 32 heavy (non-hydrogen) atoms. The number of nitrogens with zero attached hydrogens (tertiary/aromatic N) is 4. The summed E-state index contributed by atoms with van der Waals surface area (Å²) in [5.41, 5.74) is 2.88. The maximum Gasteiger partial charge on any atom is 0.280 e. The highest BCUT2D eigenvalue weighted by Gasteiger charge is 2.21. The van der Waals surface area contributed by atoms with Gasteiger partial charge in [-0.05, 0) is 66.6 Å². The second-order valence-corrected chi connectivity index (χ2v) is 7.92. The zero-order valence-corrected chi connectivity index (χ0v) is 18.1. The zero-order valence-electron chi connectivity index (χ0n) is 17.3. The minimum Gasteiger partial charge on any atom is -0.497 e. The fourth-order valence-corrected chi connectivity index (χ4v) is 3.98. The van der Waals surface area contributed by atoms with Crippen molar-refractivity contribution in [2.45, 2.75) is 6.92 Å². The molecule has 1 aromatic heterocycles. The van der Waals surface area contributed by atoms with Gasteiger partial charge in [0.2, 0.25) is 5.13 Å². The van der Waals surface area contributed by atoms with Crippen molar-refractivity contribution < 1.29 is 14.5 Å². The summed E-state index contributed by atoms with van der Waals surface area (Å²) in [5.74, 6) is 0.277. The number of hydrogen-bond donors (Lipinski definition) is 0. The number of fused-ring (bicyclic) bond motifs is 1. The first-order valence-corrected chi connectivity index (χ1v) is 10.4. The van der Waals surface area contributed by atoms with E-state index in [1.165, 1.54) is 34.7 Å². The second-order valence-electron chi connectivity index (χ2n) is 6.91. The molecule has 3 aromatic carbocycles. The van der Waals surface area contributed by atoms with Gasteiger partial charge in [0.1, 0.15) is 5.75 Å². The molecule has 0 saturated carbocycles. The predicted octanol–water partition coefficient (Wildman–Crippen LogP) is 5.20. The Kier molecular flexibility index (Phi) is 5.91. The predicted molar refractivity (Wildman–Crippen MR) is 125 cm³/mol. The third kappa shape index (κ3) is 4.47. The molecule has 0 atom stereocenters. The number of carbonyl (C=O) groups is 1. The van der Waals surface area contributed by atoms with Gasteiger partial charge in [-0.3, -0.25) is 14.9 Å². The minimum atomic E-state index is -0.469. The highest BCUT2D eigenvalue weighted by atomic mass is 32.1. The number of aryl methyl sites for hydroxylation is 1. The average Bonchev–Trinajstić information content (AvgIpc) is 3.22. The van der Waals surface area contributed by atoms with Gasteiger partial charge in [-0.15, -0.1) is 0 Å². The number of ether oxygens (including phenoxy) is 1.